The second-order valence-corrected chi connectivity index (χ2v) is 14.6. The predicted molar refractivity (Wildman–Crippen MR) is 204 cm³/mol. The van der Waals surface area contributed by atoms with E-state index < -0.39 is 0 Å². The van der Waals surface area contributed by atoms with Gasteiger partial charge < -0.3 is 33.9 Å². The number of furan rings is 1. The van der Waals surface area contributed by atoms with E-state index in [0.717, 1.165) is 59.3 Å². The first-order valence-corrected chi connectivity index (χ1v) is 18.8. The van der Waals surface area contributed by atoms with Crippen molar-refractivity contribution < 1.29 is 9.15 Å². The summed E-state index contributed by atoms with van der Waals surface area (Å²) in [5.74, 6) is 2.53. The van der Waals surface area contributed by atoms with E-state index in [-0.39, 0.29) is 0 Å². The highest BCUT2D eigenvalue weighted by atomic mass is 32.2. The monoisotopic (exact) mass is 694 g/mol. The van der Waals surface area contributed by atoms with Gasteiger partial charge in [0.1, 0.15) is 16.8 Å². The zero-order valence-electron chi connectivity index (χ0n) is 29.4. The van der Waals surface area contributed by atoms with Crippen molar-refractivity contribution in [2.75, 3.05) is 86.6 Å². The summed E-state index contributed by atoms with van der Waals surface area (Å²) in [6, 6.07) is 11.0. The van der Waals surface area contributed by atoms with Gasteiger partial charge in [-0.1, -0.05) is 11.9 Å². The SMILES string of the molecule is COc1cc(N2CCC(N3CCN(C)CC3)CC2)c(CC2CC2)cc1Nc1nc(Nc2ccc3nccnc3c2N(C)SC)c2occc2n1. The van der Waals surface area contributed by atoms with E-state index in [1.54, 1.807) is 37.7 Å². The zero-order chi connectivity index (χ0) is 34.2. The van der Waals surface area contributed by atoms with Crippen LogP contribution in [0.4, 0.5) is 34.5 Å². The number of ether oxygens (including phenoxy) is 1. The van der Waals surface area contributed by atoms with E-state index in [4.69, 9.17) is 19.1 Å². The van der Waals surface area contributed by atoms with Crippen LogP contribution in [0.15, 0.2) is 53.4 Å². The lowest BCUT2D eigenvalue weighted by atomic mass is 9.98. The van der Waals surface area contributed by atoms with Crippen molar-refractivity contribution >= 4 is 68.6 Å². The Labute approximate surface area is 297 Å². The van der Waals surface area contributed by atoms with Gasteiger partial charge in [0, 0.05) is 88.8 Å². The van der Waals surface area contributed by atoms with Gasteiger partial charge in [0.2, 0.25) is 5.95 Å². The van der Waals surface area contributed by atoms with Crippen LogP contribution in [0.1, 0.15) is 31.2 Å². The molecule has 5 aromatic rings. The Morgan fingerprint density at radius 2 is 1.72 bits per heavy atom. The van der Waals surface area contributed by atoms with Gasteiger partial charge in [-0.05, 0) is 68.8 Å². The largest absolute Gasteiger partial charge is 0.494 e. The van der Waals surface area contributed by atoms with Gasteiger partial charge in [-0.15, -0.1) is 0 Å². The molecule has 0 bridgehead atoms. The third-order valence-electron chi connectivity index (χ3n) is 10.5. The molecule has 2 aliphatic heterocycles. The Hall–Kier alpha value is -4.33. The molecule has 13 heteroatoms. The molecule has 0 unspecified atom stereocenters. The molecule has 0 atom stereocenters. The van der Waals surface area contributed by atoms with Crippen LogP contribution >= 0.6 is 11.9 Å². The molecule has 2 saturated heterocycles. The van der Waals surface area contributed by atoms with Crippen LogP contribution in [0.25, 0.3) is 22.1 Å². The van der Waals surface area contributed by atoms with Crippen LogP contribution < -0.4 is 24.6 Å². The number of methoxy groups -OCH3 is 1. The summed E-state index contributed by atoms with van der Waals surface area (Å²) in [4.78, 5) is 26.7. The number of anilines is 6. The molecule has 5 heterocycles. The Kier molecular flexibility index (Phi) is 9.28. The van der Waals surface area contributed by atoms with E-state index in [1.165, 1.54) is 63.1 Å². The van der Waals surface area contributed by atoms with Gasteiger partial charge in [0.05, 0.1) is 36.0 Å². The van der Waals surface area contributed by atoms with Gasteiger partial charge in [-0.2, -0.15) is 4.98 Å². The molecule has 50 heavy (non-hydrogen) atoms. The van der Waals surface area contributed by atoms with E-state index in [2.05, 4.69) is 58.8 Å². The first kappa shape index (κ1) is 32.9. The third kappa shape index (κ3) is 6.73. The molecule has 1 aliphatic carbocycles. The van der Waals surface area contributed by atoms with Gasteiger partial charge >= 0.3 is 0 Å². The second-order valence-electron chi connectivity index (χ2n) is 13.7. The predicted octanol–water partition coefficient (Wildman–Crippen LogP) is 6.54. The maximum atomic E-state index is 6.03. The number of nitrogens with one attached hydrogen (secondary N) is 2. The number of fused-ring (bicyclic) bond motifs is 2. The summed E-state index contributed by atoms with van der Waals surface area (Å²) >= 11 is 1.60. The number of nitrogens with zero attached hydrogens (tertiary/aromatic N) is 8. The molecule has 0 amide bonds. The average Bonchev–Trinajstić information content (AvgIpc) is 3.84. The highest BCUT2D eigenvalue weighted by Gasteiger charge is 2.30. The fourth-order valence-corrected chi connectivity index (χ4v) is 7.78. The van der Waals surface area contributed by atoms with Crippen molar-refractivity contribution in [1.29, 1.82) is 0 Å². The van der Waals surface area contributed by atoms with E-state index in [0.29, 0.717) is 28.9 Å². The third-order valence-corrected chi connectivity index (χ3v) is 11.2. The van der Waals surface area contributed by atoms with Crippen molar-refractivity contribution in [3.63, 3.8) is 0 Å². The maximum absolute atomic E-state index is 6.03. The quantitative estimate of drug-likeness (QED) is 0.146. The number of hydrogen-bond donors (Lipinski definition) is 2. The number of piperazine rings is 1. The van der Waals surface area contributed by atoms with Gasteiger partial charge in [-0.25, -0.2) is 4.98 Å². The highest BCUT2D eigenvalue weighted by Crippen LogP contribution is 2.42. The van der Waals surface area contributed by atoms with Gasteiger partial charge in [-0.3, -0.25) is 14.9 Å². The first-order valence-electron chi connectivity index (χ1n) is 17.7. The summed E-state index contributed by atoms with van der Waals surface area (Å²) in [6.07, 6.45) is 13.1. The summed E-state index contributed by atoms with van der Waals surface area (Å²) in [7, 11) is 5.98. The Morgan fingerprint density at radius 1 is 0.920 bits per heavy atom. The molecule has 3 aliphatic rings. The Bertz CT molecular complexity index is 1970. The van der Waals surface area contributed by atoms with Crippen molar-refractivity contribution in [1.82, 2.24) is 29.7 Å². The fraction of sp³-hybridized carbons (Fsp3) is 0.459. The first-order chi connectivity index (χ1) is 24.5. The molecular weight excluding hydrogens is 649 g/mol. The molecule has 0 radical (unpaired) electrons. The fourth-order valence-electron chi connectivity index (χ4n) is 7.42. The average molecular weight is 695 g/mol. The van der Waals surface area contributed by atoms with Crippen molar-refractivity contribution in [2.45, 2.75) is 38.1 Å². The topological polar surface area (TPSA) is 111 Å². The molecule has 262 valence electrons. The van der Waals surface area contributed by atoms with Gasteiger partial charge in [0.25, 0.3) is 0 Å². The minimum absolute atomic E-state index is 0.457. The Balaban J connectivity index is 1.08. The lowest BCUT2D eigenvalue weighted by molar-refractivity contribution is 0.0982. The standard InChI is InChI=1S/C37H46N10O2S/c1-44-16-18-46(19-17-44)26-9-14-47(15-10-26)31-23-32(48-3)30(22-25(31)21-24-5-6-24)42-37-41-29-11-20-49-35(29)36(43-37)40-28-8-7-27-33(39-13-12-38-27)34(28)45(2)50-4/h7-8,11-13,20,22-24,26H,5-6,9-10,14-19,21H2,1-4H3,(H2,40,41,42,43). The maximum Gasteiger partial charge on any atom is 0.230 e. The summed E-state index contributed by atoms with van der Waals surface area (Å²) in [5, 5.41) is 7.07. The number of likely N-dealkylation sites (N-methyl/N-ethyl adjacent to an activating group) is 1. The number of rotatable bonds is 11. The van der Waals surface area contributed by atoms with Crippen molar-refractivity contribution in [3.8, 4) is 5.75 Å². The summed E-state index contributed by atoms with van der Waals surface area (Å²) in [5.41, 5.74) is 8.15. The van der Waals surface area contributed by atoms with Crippen molar-refractivity contribution in [2.24, 2.45) is 5.92 Å². The Morgan fingerprint density at radius 3 is 2.48 bits per heavy atom. The summed E-state index contributed by atoms with van der Waals surface area (Å²) in [6.45, 7) is 6.82. The van der Waals surface area contributed by atoms with E-state index in [9.17, 15) is 0 Å². The number of hydrogen-bond acceptors (Lipinski definition) is 13. The normalized spacial score (nSPS) is 17.8. The lowest BCUT2D eigenvalue weighted by Gasteiger charge is -2.43. The van der Waals surface area contributed by atoms with Crippen LogP contribution in [0.5, 0.6) is 5.75 Å². The molecular formula is C37H46N10O2S. The molecule has 12 nitrogen and oxygen atoms in total. The highest BCUT2D eigenvalue weighted by molar-refractivity contribution is 7.99. The number of aromatic nitrogens is 4. The smallest absolute Gasteiger partial charge is 0.230 e. The van der Waals surface area contributed by atoms with Crippen LogP contribution in [0, 0.1) is 5.92 Å². The zero-order valence-corrected chi connectivity index (χ0v) is 30.2. The minimum atomic E-state index is 0.457. The number of benzene rings is 2. The van der Waals surface area contributed by atoms with Crippen LogP contribution in [0.3, 0.4) is 0 Å². The molecule has 8 rings (SSSR count). The van der Waals surface area contributed by atoms with Gasteiger partial charge in [0.15, 0.2) is 11.4 Å². The molecule has 1 saturated carbocycles. The lowest BCUT2D eigenvalue weighted by Crippen LogP contribution is -2.52. The molecule has 3 aromatic heterocycles. The van der Waals surface area contributed by atoms with Crippen molar-refractivity contribution in [3.05, 3.63) is 54.6 Å². The second kappa shape index (κ2) is 14.1. The van der Waals surface area contributed by atoms with Crippen LogP contribution in [-0.2, 0) is 6.42 Å². The molecule has 3 fully saturated rings. The van der Waals surface area contributed by atoms with E-state index in [1.807, 2.05) is 31.5 Å². The summed E-state index contributed by atoms with van der Waals surface area (Å²) < 4.78 is 14.0. The van der Waals surface area contributed by atoms with E-state index >= 15 is 0 Å². The number of piperidine rings is 1. The molecule has 2 N–H and O–H groups in total. The van der Waals surface area contributed by atoms with Crippen LogP contribution in [-0.4, -0.2) is 103 Å². The molecule has 0 spiro atoms. The van der Waals surface area contributed by atoms with Crippen LogP contribution in [0.2, 0.25) is 0 Å². The molecule has 2 aromatic carbocycles. The minimum Gasteiger partial charge on any atom is -0.494 e.